The highest BCUT2D eigenvalue weighted by Gasteiger charge is 2.21. The topological polar surface area (TPSA) is 60.7 Å². The van der Waals surface area contributed by atoms with E-state index in [-0.39, 0.29) is 25.7 Å². The van der Waals surface area contributed by atoms with Crippen LogP contribution in [0.1, 0.15) is 56.9 Å². The fourth-order valence-corrected chi connectivity index (χ4v) is 3.25. The van der Waals surface area contributed by atoms with E-state index in [1.54, 1.807) is 0 Å². The van der Waals surface area contributed by atoms with E-state index in [0.29, 0.717) is 11.8 Å². The van der Waals surface area contributed by atoms with E-state index in [4.69, 9.17) is 5.11 Å². The van der Waals surface area contributed by atoms with Crippen LogP contribution < -0.4 is 0 Å². The van der Waals surface area contributed by atoms with Crippen LogP contribution in [-0.4, -0.2) is 35.1 Å². The number of rotatable bonds is 12. The van der Waals surface area contributed by atoms with Gasteiger partial charge in [-0.15, -0.1) is 0 Å². The first-order valence-electron chi connectivity index (χ1n) is 8.62. The van der Waals surface area contributed by atoms with Gasteiger partial charge in [0.2, 0.25) is 0 Å². The Hall–Kier alpha value is -0.900. The van der Waals surface area contributed by atoms with Crippen LogP contribution in [0, 0.1) is 11.8 Å². The number of aliphatic hydroxyl groups excluding tert-OH is 3. The van der Waals surface area contributed by atoms with Crippen molar-refractivity contribution in [2.75, 3.05) is 19.8 Å². The fourth-order valence-electron chi connectivity index (χ4n) is 3.25. The summed E-state index contributed by atoms with van der Waals surface area (Å²) in [6, 6.07) is 10.4. The van der Waals surface area contributed by atoms with Crippen molar-refractivity contribution in [3.05, 3.63) is 35.9 Å². The van der Waals surface area contributed by atoms with Gasteiger partial charge in [-0.2, -0.15) is 0 Å². The summed E-state index contributed by atoms with van der Waals surface area (Å²) >= 11 is 0. The van der Waals surface area contributed by atoms with Gasteiger partial charge in [0.05, 0.1) is 0 Å². The van der Waals surface area contributed by atoms with Crippen molar-refractivity contribution >= 4 is 0 Å². The third-order valence-electron chi connectivity index (χ3n) is 4.49. The Morgan fingerprint density at radius 2 is 1.45 bits per heavy atom. The van der Waals surface area contributed by atoms with E-state index in [1.165, 1.54) is 5.56 Å². The van der Waals surface area contributed by atoms with Crippen molar-refractivity contribution in [1.29, 1.82) is 0 Å². The Bertz CT molecular complexity index is 366. The monoisotopic (exact) mass is 308 g/mol. The Kier molecular flexibility index (Phi) is 10.1. The van der Waals surface area contributed by atoms with Crippen LogP contribution in [0.4, 0.5) is 0 Å². The van der Waals surface area contributed by atoms with Gasteiger partial charge < -0.3 is 15.3 Å². The number of hydrogen-bond acceptors (Lipinski definition) is 3. The Morgan fingerprint density at radius 1 is 0.864 bits per heavy atom. The van der Waals surface area contributed by atoms with Crippen LogP contribution >= 0.6 is 0 Å². The zero-order chi connectivity index (χ0) is 16.2. The van der Waals surface area contributed by atoms with Gasteiger partial charge in [0.25, 0.3) is 0 Å². The average Bonchev–Trinajstić information content (AvgIpc) is 2.57. The van der Waals surface area contributed by atoms with E-state index < -0.39 is 0 Å². The molecular formula is C19H32O3. The summed E-state index contributed by atoms with van der Waals surface area (Å²) in [7, 11) is 0. The molecule has 0 amide bonds. The third kappa shape index (κ3) is 6.91. The Balaban J connectivity index is 2.77. The molecule has 1 aromatic carbocycles. The van der Waals surface area contributed by atoms with Gasteiger partial charge in [0.15, 0.2) is 0 Å². The molecule has 0 radical (unpaired) electrons. The second-order valence-electron chi connectivity index (χ2n) is 6.33. The Labute approximate surface area is 135 Å². The van der Waals surface area contributed by atoms with Gasteiger partial charge in [-0.3, -0.25) is 0 Å². The molecular weight excluding hydrogens is 276 g/mol. The minimum atomic E-state index is 0.168. The van der Waals surface area contributed by atoms with Crippen molar-refractivity contribution in [1.82, 2.24) is 0 Å². The number of aliphatic hydroxyl groups is 3. The third-order valence-corrected chi connectivity index (χ3v) is 4.49. The molecule has 1 rings (SSSR count). The minimum Gasteiger partial charge on any atom is -0.396 e. The first kappa shape index (κ1) is 19.1. The van der Waals surface area contributed by atoms with E-state index in [2.05, 4.69) is 31.2 Å². The van der Waals surface area contributed by atoms with Crippen LogP contribution in [0.3, 0.4) is 0 Å². The maximum Gasteiger partial charge on any atom is 0.0459 e. The Morgan fingerprint density at radius 3 is 1.95 bits per heavy atom. The van der Waals surface area contributed by atoms with Crippen molar-refractivity contribution < 1.29 is 15.3 Å². The molecule has 3 nitrogen and oxygen atoms in total. The second-order valence-corrected chi connectivity index (χ2v) is 6.33. The molecule has 3 N–H and O–H groups in total. The van der Waals surface area contributed by atoms with Crippen LogP contribution in [0.2, 0.25) is 0 Å². The van der Waals surface area contributed by atoms with Crippen molar-refractivity contribution in [2.45, 2.75) is 51.4 Å². The SMILES string of the molecule is CCCC(CO)CC(CC(CO)CCCO)c1ccccc1. The summed E-state index contributed by atoms with van der Waals surface area (Å²) in [6.07, 6.45) is 5.60. The molecule has 0 spiro atoms. The molecule has 0 aliphatic rings. The van der Waals surface area contributed by atoms with Gasteiger partial charge in [-0.25, -0.2) is 0 Å². The van der Waals surface area contributed by atoms with Gasteiger partial charge in [0.1, 0.15) is 0 Å². The molecule has 0 aliphatic carbocycles. The van der Waals surface area contributed by atoms with Crippen molar-refractivity contribution in [2.24, 2.45) is 11.8 Å². The van der Waals surface area contributed by atoms with Crippen LogP contribution in [0.25, 0.3) is 0 Å². The smallest absolute Gasteiger partial charge is 0.0459 e. The fraction of sp³-hybridized carbons (Fsp3) is 0.684. The second kappa shape index (κ2) is 11.6. The first-order chi connectivity index (χ1) is 10.7. The average molecular weight is 308 g/mol. The summed E-state index contributed by atoms with van der Waals surface area (Å²) in [5.74, 6) is 0.909. The molecule has 0 aromatic heterocycles. The molecule has 0 bridgehead atoms. The molecule has 0 aliphatic heterocycles. The van der Waals surface area contributed by atoms with Gasteiger partial charge in [-0.1, -0.05) is 43.7 Å². The lowest BCUT2D eigenvalue weighted by Crippen LogP contribution is -2.17. The van der Waals surface area contributed by atoms with Crippen LogP contribution in [-0.2, 0) is 0 Å². The lowest BCUT2D eigenvalue weighted by molar-refractivity contribution is 0.169. The maximum atomic E-state index is 9.61. The first-order valence-corrected chi connectivity index (χ1v) is 8.62. The summed E-state index contributed by atoms with van der Waals surface area (Å²) in [5.41, 5.74) is 1.29. The van der Waals surface area contributed by atoms with E-state index in [0.717, 1.165) is 38.5 Å². The number of benzene rings is 1. The number of hydrogen-bond donors (Lipinski definition) is 3. The van der Waals surface area contributed by atoms with E-state index >= 15 is 0 Å². The molecule has 0 heterocycles. The lowest BCUT2D eigenvalue weighted by atomic mass is 9.80. The molecule has 1 aromatic rings. The quantitative estimate of drug-likeness (QED) is 0.555. The van der Waals surface area contributed by atoms with Crippen molar-refractivity contribution in [3.63, 3.8) is 0 Å². The molecule has 3 atom stereocenters. The minimum absolute atomic E-state index is 0.168. The summed E-state index contributed by atoms with van der Waals surface area (Å²) in [4.78, 5) is 0. The van der Waals surface area contributed by atoms with Crippen LogP contribution in [0.5, 0.6) is 0 Å². The molecule has 3 heteroatoms. The molecule has 126 valence electrons. The molecule has 22 heavy (non-hydrogen) atoms. The standard InChI is InChI=1S/C19H32O3/c1-2-7-16(14-21)12-19(18-9-4-3-5-10-18)13-17(15-22)8-6-11-20/h3-5,9-10,16-17,19-22H,2,6-8,11-15H2,1H3. The largest absolute Gasteiger partial charge is 0.396 e. The molecule has 0 saturated carbocycles. The maximum absolute atomic E-state index is 9.61. The summed E-state index contributed by atoms with van der Waals surface area (Å²) < 4.78 is 0. The summed E-state index contributed by atoms with van der Waals surface area (Å²) in [5, 5.41) is 28.2. The van der Waals surface area contributed by atoms with E-state index in [9.17, 15) is 10.2 Å². The zero-order valence-corrected chi connectivity index (χ0v) is 13.8. The molecule has 0 fully saturated rings. The van der Waals surface area contributed by atoms with Crippen molar-refractivity contribution in [3.8, 4) is 0 Å². The van der Waals surface area contributed by atoms with Crippen LogP contribution in [0.15, 0.2) is 30.3 Å². The van der Waals surface area contributed by atoms with Gasteiger partial charge in [-0.05, 0) is 55.4 Å². The highest BCUT2D eigenvalue weighted by Crippen LogP contribution is 2.33. The summed E-state index contributed by atoms with van der Waals surface area (Å²) in [6.45, 7) is 2.73. The highest BCUT2D eigenvalue weighted by atomic mass is 16.3. The predicted molar refractivity (Wildman–Crippen MR) is 90.8 cm³/mol. The lowest BCUT2D eigenvalue weighted by Gasteiger charge is -2.26. The molecule has 0 saturated heterocycles. The normalized spacial score (nSPS) is 15.5. The zero-order valence-electron chi connectivity index (χ0n) is 13.8. The predicted octanol–water partition coefficient (Wildman–Crippen LogP) is 3.34. The highest BCUT2D eigenvalue weighted by molar-refractivity contribution is 5.19. The van der Waals surface area contributed by atoms with E-state index in [1.807, 2.05) is 6.07 Å². The van der Waals surface area contributed by atoms with Gasteiger partial charge in [0, 0.05) is 19.8 Å². The van der Waals surface area contributed by atoms with Gasteiger partial charge >= 0.3 is 0 Å². The molecule has 3 unspecified atom stereocenters.